The highest BCUT2D eigenvalue weighted by atomic mass is 32.2. The molecule has 0 aliphatic rings. The lowest BCUT2D eigenvalue weighted by atomic mass is 10.1. The van der Waals surface area contributed by atoms with Crippen LogP contribution in [0.15, 0.2) is 34.0 Å². The van der Waals surface area contributed by atoms with Gasteiger partial charge in [0.25, 0.3) is 0 Å². The van der Waals surface area contributed by atoms with Crippen molar-refractivity contribution in [2.75, 3.05) is 5.75 Å². The fourth-order valence-electron chi connectivity index (χ4n) is 1.37. The standard InChI is InChI=1S/C12H10N2O2S2/c13-11(16)9-3-1-8(2-4-9)10-7-18-12(14-10)17-6-5-15/h1-5,7H,6H2,(H2,13,16). The van der Waals surface area contributed by atoms with Crippen LogP contribution in [0.25, 0.3) is 11.3 Å². The van der Waals surface area contributed by atoms with Crippen LogP contribution in [-0.2, 0) is 4.79 Å². The number of primary amides is 1. The summed E-state index contributed by atoms with van der Waals surface area (Å²) in [6.07, 6.45) is 0.855. The minimum absolute atomic E-state index is 0.410. The average molecular weight is 278 g/mol. The number of nitrogens with two attached hydrogens (primary N) is 1. The zero-order valence-corrected chi connectivity index (χ0v) is 11.0. The minimum atomic E-state index is -0.443. The fraction of sp³-hybridized carbons (Fsp3) is 0.0833. The molecule has 6 heteroatoms. The van der Waals surface area contributed by atoms with Crippen LogP contribution in [0, 0.1) is 0 Å². The summed E-state index contributed by atoms with van der Waals surface area (Å²) in [5, 5.41) is 1.92. The van der Waals surface area contributed by atoms with Crippen molar-refractivity contribution in [1.82, 2.24) is 4.98 Å². The van der Waals surface area contributed by atoms with Gasteiger partial charge in [-0.05, 0) is 12.1 Å². The van der Waals surface area contributed by atoms with Crippen molar-refractivity contribution >= 4 is 35.3 Å². The molecule has 0 saturated heterocycles. The molecule has 2 rings (SSSR count). The molecule has 92 valence electrons. The van der Waals surface area contributed by atoms with Gasteiger partial charge in [-0.2, -0.15) is 0 Å². The Labute approximate surface area is 112 Å². The number of rotatable bonds is 5. The minimum Gasteiger partial charge on any atom is -0.366 e. The summed E-state index contributed by atoms with van der Waals surface area (Å²) in [4.78, 5) is 25.6. The number of carbonyl (C=O) groups excluding carboxylic acids is 2. The molecule has 0 fully saturated rings. The summed E-state index contributed by atoms with van der Waals surface area (Å²) < 4.78 is 0.857. The van der Waals surface area contributed by atoms with Crippen molar-refractivity contribution in [3.8, 4) is 11.3 Å². The molecular weight excluding hydrogens is 268 g/mol. The number of benzene rings is 1. The molecule has 1 aromatic carbocycles. The molecule has 0 aliphatic carbocycles. The van der Waals surface area contributed by atoms with Crippen LogP contribution in [-0.4, -0.2) is 22.9 Å². The summed E-state index contributed by atoms with van der Waals surface area (Å²) >= 11 is 2.91. The van der Waals surface area contributed by atoms with Crippen LogP contribution in [0.1, 0.15) is 10.4 Å². The second-order valence-electron chi connectivity index (χ2n) is 3.42. The fourth-order valence-corrected chi connectivity index (χ4v) is 2.91. The lowest BCUT2D eigenvalue weighted by molar-refractivity contribution is -0.105. The SMILES string of the molecule is NC(=O)c1ccc(-c2csc(SCC=O)n2)cc1. The second kappa shape index (κ2) is 5.79. The highest BCUT2D eigenvalue weighted by Gasteiger charge is 2.06. The maximum atomic E-state index is 10.9. The molecule has 0 aliphatic heterocycles. The van der Waals surface area contributed by atoms with Gasteiger partial charge in [0.05, 0.1) is 11.4 Å². The van der Waals surface area contributed by atoms with Crippen LogP contribution in [0.2, 0.25) is 0 Å². The maximum absolute atomic E-state index is 10.9. The van der Waals surface area contributed by atoms with Gasteiger partial charge in [-0.1, -0.05) is 23.9 Å². The maximum Gasteiger partial charge on any atom is 0.248 e. The molecule has 1 heterocycles. The van der Waals surface area contributed by atoms with Gasteiger partial charge >= 0.3 is 0 Å². The second-order valence-corrected chi connectivity index (χ2v) is 5.54. The van der Waals surface area contributed by atoms with Gasteiger partial charge in [-0.3, -0.25) is 4.79 Å². The summed E-state index contributed by atoms with van der Waals surface area (Å²) in [5.74, 6) is -0.0323. The number of thiazole rings is 1. The van der Waals surface area contributed by atoms with E-state index in [-0.39, 0.29) is 0 Å². The topological polar surface area (TPSA) is 73.1 Å². The first-order valence-corrected chi connectivity index (χ1v) is 6.99. The Balaban J connectivity index is 2.18. The number of aromatic nitrogens is 1. The van der Waals surface area contributed by atoms with E-state index in [1.54, 1.807) is 12.1 Å². The van der Waals surface area contributed by atoms with E-state index < -0.39 is 5.91 Å². The number of hydrogen-bond donors (Lipinski definition) is 1. The van der Waals surface area contributed by atoms with Gasteiger partial charge < -0.3 is 10.5 Å². The van der Waals surface area contributed by atoms with E-state index in [2.05, 4.69) is 4.98 Å². The Hall–Kier alpha value is -1.66. The largest absolute Gasteiger partial charge is 0.366 e. The smallest absolute Gasteiger partial charge is 0.248 e. The van der Waals surface area contributed by atoms with E-state index in [9.17, 15) is 9.59 Å². The van der Waals surface area contributed by atoms with E-state index in [4.69, 9.17) is 5.73 Å². The molecular formula is C12H10N2O2S2. The average Bonchev–Trinajstić information content (AvgIpc) is 2.85. The van der Waals surface area contributed by atoms with Gasteiger partial charge in [0.15, 0.2) is 4.34 Å². The third-order valence-corrected chi connectivity index (χ3v) is 4.14. The van der Waals surface area contributed by atoms with Gasteiger partial charge in [-0.25, -0.2) is 4.98 Å². The van der Waals surface area contributed by atoms with E-state index in [0.29, 0.717) is 11.3 Å². The predicted molar refractivity (Wildman–Crippen MR) is 72.9 cm³/mol. The molecule has 1 amide bonds. The van der Waals surface area contributed by atoms with Crippen molar-refractivity contribution in [3.05, 3.63) is 35.2 Å². The van der Waals surface area contributed by atoms with Crippen LogP contribution < -0.4 is 5.73 Å². The summed E-state index contributed by atoms with van der Waals surface area (Å²) in [6, 6.07) is 6.97. The zero-order valence-electron chi connectivity index (χ0n) is 9.33. The van der Waals surface area contributed by atoms with E-state index in [0.717, 1.165) is 21.9 Å². The number of hydrogen-bond acceptors (Lipinski definition) is 5. The van der Waals surface area contributed by atoms with Gasteiger partial charge in [0.2, 0.25) is 5.91 Å². The van der Waals surface area contributed by atoms with E-state index in [1.165, 1.54) is 23.1 Å². The summed E-state index contributed by atoms with van der Waals surface area (Å²) in [6.45, 7) is 0. The predicted octanol–water partition coefficient (Wildman–Crippen LogP) is 2.20. The Bertz CT molecular complexity index is 564. The number of thioether (sulfide) groups is 1. The highest BCUT2D eigenvalue weighted by Crippen LogP contribution is 2.27. The Morgan fingerprint density at radius 2 is 2.11 bits per heavy atom. The molecule has 0 radical (unpaired) electrons. The van der Waals surface area contributed by atoms with Crippen LogP contribution >= 0.6 is 23.1 Å². The monoisotopic (exact) mass is 278 g/mol. The molecule has 0 bridgehead atoms. The number of amides is 1. The number of carbonyl (C=O) groups is 2. The number of nitrogens with zero attached hydrogens (tertiary/aromatic N) is 1. The molecule has 1 aromatic heterocycles. The Morgan fingerprint density at radius 3 is 2.72 bits per heavy atom. The third kappa shape index (κ3) is 2.96. The lowest BCUT2D eigenvalue weighted by Crippen LogP contribution is -2.10. The Morgan fingerprint density at radius 1 is 1.39 bits per heavy atom. The zero-order chi connectivity index (χ0) is 13.0. The van der Waals surface area contributed by atoms with E-state index in [1.807, 2.05) is 17.5 Å². The highest BCUT2D eigenvalue weighted by molar-refractivity contribution is 8.01. The van der Waals surface area contributed by atoms with Gasteiger partial charge in [-0.15, -0.1) is 11.3 Å². The molecule has 18 heavy (non-hydrogen) atoms. The summed E-state index contributed by atoms with van der Waals surface area (Å²) in [5.41, 5.74) is 7.41. The summed E-state index contributed by atoms with van der Waals surface area (Å²) in [7, 11) is 0. The normalized spacial score (nSPS) is 10.2. The molecule has 0 unspecified atom stereocenters. The van der Waals surface area contributed by atoms with Crippen LogP contribution in [0.4, 0.5) is 0 Å². The quantitative estimate of drug-likeness (QED) is 0.672. The Kier molecular flexibility index (Phi) is 4.11. The van der Waals surface area contributed by atoms with Crippen molar-refractivity contribution in [3.63, 3.8) is 0 Å². The van der Waals surface area contributed by atoms with Crippen molar-refractivity contribution in [2.45, 2.75) is 4.34 Å². The third-order valence-electron chi connectivity index (χ3n) is 2.22. The lowest BCUT2D eigenvalue weighted by Gasteiger charge is -1.98. The van der Waals surface area contributed by atoms with E-state index >= 15 is 0 Å². The number of aldehydes is 1. The molecule has 0 spiro atoms. The first-order chi connectivity index (χ1) is 8.70. The van der Waals surface area contributed by atoms with Crippen molar-refractivity contribution < 1.29 is 9.59 Å². The van der Waals surface area contributed by atoms with Crippen molar-refractivity contribution in [1.29, 1.82) is 0 Å². The first-order valence-electron chi connectivity index (χ1n) is 5.13. The molecule has 0 atom stereocenters. The van der Waals surface area contributed by atoms with Gasteiger partial charge in [0.1, 0.15) is 6.29 Å². The molecule has 2 aromatic rings. The van der Waals surface area contributed by atoms with Crippen molar-refractivity contribution in [2.24, 2.45) is 5.73 Å². The van der Waals surface area contributed by atoms with Crippen LogP contribution in [0.5, 0.6) is 0 Å². The first kappa shape index (κ1) is 12.8. The molecule has 2 N–H and O–H groups in total. The van der Waals surface area contributed by atoms with Gasteiger partial charge in [0, 0.05) is 16.5 Å². The molecule has 4 nitrogen and oxygen atoms in total. The molecule has 0 saturated carbocycles. The van der Waals surface area contributed by atoms with Crippen LogP contribution in [0.3, 0.4) is 0 Å².